The molecular weight excluding hydrogens is 298 g/mol. The van der Waals surface area contributed by atoms with Gasteiger partial charge in [-0.25, -0.2) is 8.78 Å². The van der Waals surface area contributed by atoms with Gasteiger partial charge in [0.1, 0.15) is 0 Å². The smallest absolute Gasteiger partial charge is 0.163 e. The predicted molar refractivity (Wildman–Crippen MR) is 72.9 cm³/mol. The van der Waals surface area contributed by atoms with Crippen molar-refractivity contribution in [1.82, 2.24) is 0 Å². The van der Waals surface area contributed by atoms with E-state index >= 15 is 0 Å². The molecule has 3 heteroatoms. The topological polar surface area (TPSA) is 0 Å². The fourth-order valence-corrected chi connectivity index (χ4v) is 2.61. The fraction of sp³-hybridized carbons (Fsp3) is 0.200. The quantitative estimate of drug-likeness (QED) is 0.703. The average molecular weight is 311 g/mol. The molecule has 0 saturated heterocycles. The van der Waals surface area contributed by atoms with Gasteiger partial charge in [-0.1, -0.05) is 52.3 Å². The van der Waals surface area contributed by atoms with Gasteiger partial charge in [-0.3, -0.25) is 0 Å². The van der Waals surface area contributed by atoms with Crippen LogP contribution in [0, 0.1) is 18.6 Å². The summed E-state index contributed by atoms with van der Waals surface area (Å²) in [6, 6.07) is 12.2. The summed E-state index contributed by atoms with van der Waals surface area (Å²) in [7, 11) is 0. The molecule has 1 unspecified atom stereocenters. The van der Waals surface area contributed by atoms with E-state index in [1.165, 1.54) is 6.07 Å². The minimum Gasteiger partial charge on any atom is -0.204 e. The third kappa shape index (κ3) is 2.78. The Balaban J connectivity index is 2.25. The van der Waals surface area contributed by atoms with Crippen molar-refractivity contribution < 1.29 is 8.78 Å². The number of hydrogen-bond acceptors (Lipinski definition) is 0. The second kappa shape index (κ2) is 5.61. The van der Waals surface area contributed by atoms with Gasteiger partial charge < -0.3 is 0 Å². The Morgan fingerprint density at radius 1 is 1.06 bits per heavy atom. The van der Waals surface area contributed by atoms with Crippen LogP contribution >= 0.6 is 15.9 Å². The Bertz CT molecular complexity index is 552. The summed E-state index contributed by atoms with van der Waals surface area (Å²) < 4.78 is 26.8. The van der Waals surface area contributed by atoms with Gasteiger partial charge in [0.2, 0.25) is 0 Å². The first-order valence-corrected chi connectivity index (χ1v) is 6.63. The SMILES string of the molecule is Cc1ccccc1CC(Br)c1cccc(F)c1F. The van der Waals surface area contributed by atoms with Crippen LogP contribution in [0.15, 0.2) is 42.5 Å². The van der Waals surface area contributed by atoms with E-state index in [9.17, 15) is 8.78 Å². The minimum absolute atomic E-state index is 0.228. The summed E-state index contributed by atoms with van der Waals surface area (Å²) in [5.74, 6) is -1.57. The van der Waals surface area contributed by atoms with Crippen LogP contribution in [0.2, 0.25) is 0 Å². The molecule has 0 aliphatic heterocycles. The molecule has 2 aromatic rings. The monoisotopic (exact) mass is 310 g/mol. The molecule has 0 radical (unpaired) electrons. The summed E-state index contributed by atoms with van der Waals surface area (Å²) in [6.07, 6.45) is 0.632. The first kappa shape index (κ1) is 13.2. The molecule has 2 aromatic carbocycles. The highest BCUT2D eigenvalue weighted by Gasteiger charge is 2.16. The highest BCUT2D eigenvalue weighted by Crippen LogP contribution is 2.30. The van der Waals surface area contributed by atoms with Gasteiger partial charge in [0.15, 0.2) is 11.6 Å². The van der Waals surface area contributed by atoms with E-state index in [2.05, 4.69) is 15.9 Å². The molecule has 0 aliphatic carbocycles. The Hall–Kier alpha value is -1.22. The van der Waals surface area contributed by atoms with Crippen molar-refractivity contribution in [3.63, 3.8) is 0 Å². The molecule has 0 aliphatic rings. The largest absolute Gasteiger partial charge is 0.204 e. The third-order valence-electron chi connectivity index (χ3n) is 2.98. The van der Waals surface area contributed by atoms with Gasteiger partial charge in [0.05, 0.1) is 0 Å². The van der Waals surface area contributed by atoms with Crippen LogP contribution in [0.1, 0.15) is 21.5 Å². The Morgan fingerprint density at radius 2 is 1.78 bits per heavy atom. The van der Waals surface area contributed by atoms with Crippen LogP contribution in [-0.2, 0) is 6.42 Å². The molecule has 2 rings (SSSR count). The molecule has 0 spiro atoms. The number of halogens is 3. The zero-order valence-corrected chi connectivity index (χ0v) is 11.5. The van der Waals surface area contributed by atoms with Crippen molar-refractivity contribution in [1.29, 1.82) is 0 Å². The molecule has 0 saturated carbocycles. The number of aryl methyl sites for hydroxylation is 1. The molecule has 0 bridgehead atoms. The maximum atomic E-state index is 13.7. The van der Waals surface area contributed by atoms with E-state index in [1.54, 1.807) is 6.07 Å². The normalized spacial score (nSPS) is 12.4. The Labute approximate surface area is 114 Å². The van der Waals surface area contributed by atoms with Crippen molar-refractivity contribution in [3.8, 4) is 0 Å². The molecule has 0 nitrogen and oxygen atoms in total. The minimum atomic E-state index is -0.804. The van der Waals surface area contributed by atoms with Crippen LogP contribution in [0.5, 0.6) is 0 Å². The van der Waals surface area contributed by atoms with Gasteiger partial charge in [-0.05, 0) is 30.5 Å². The lowest BCUT2D eigenvalue weighted by Gasteiger charge is -2.13. The van der Waals surface area contributed by atoms with Crippen molar-refractivity contribution in [2.45, 2.75) is 18.2 Å². The molecular formula is C15H13BrF2. The lowest BCUT2D eigenvalue weighted by atomic mass is 10.0. The van der Waals surface area contributed by atoms with Crippen molar-refractivity contribution in [2.24, 2.45) is 0 Å². The zero-order chi connectivity index (χ0) is 13.1. The molecule has 0 amide bonds. The van der Waals surface area contributed by atoms with Crippen molar-refractivity contribution >= 4 is 15.9 Å². The summed E-state index contributed by atoms with van der Waals surface area (Å²) >= 11 is 3.44. The maximum Gasteiger partial charge on any atom is 0.163 e. The van der Waals surface area contributed by atoms with Crippen LogP contribution < -0.4 is 0 Å². The van der Waals surface area contributed by atoms with Gasteiger partial charge in [-0.2, -0.15) is 0 Å². The molecule has 0 N–H and O–H groups in total. The fourth-order valence-electron chi connectivity index (χ4n) is 1.90. The number of hydrogen-bond donors (Lipinski definition) is 0. The third-order valence-corrected chi connectivity index (χ3v) is 3.80. The lowest BCUT2D eigenvalue weighted by molar-refractivity contribution is 0.498. The van der Waals surface area contributed by atoms with E-state index in [4.69, 9.17) is 0 Å². The standard InChI is InChI=1S/C15H13BrF2/c1-10-5-2-3-6-11(10)9-13(16)12-7-4-8-14(17)15(12)18/h2-8,13H,9H2,1H3. The average Bonchev–Trinajstić information content (AvgIpc) is 2.35. The number of benzene rings is 2. The summed E-state index contributed by atoms with van der Waals surface area (Å²) in [4.78, 5) is -0.228. The van der Waals surface area contributed by atoms with Gasteiger partial charge in [-0.15, -0.1) is 0 Å². The maximum absolute atomic E-state index is 13.7. The highest BCUT2D eigenvalue weighted by molar-refractivity contribution is 9.09. The van der Waals surface area contributed by atoms with Gasteiger partial charge in [0.25, 0.3) is 0 Å². The summed E-state index contributed by atoms with van der Waals surface area (Å²) in [5, 5.41) is 0. The van der Waals surface area contributed by atoms with Gasteiger partial charge >= 0.3 is 0 Å². The number of rotatable bonds is 3. The second-order valence-corrected chi connectivity index (χ2v) is 5.35. The predicted octanol–water partition coefficient (Wildman–Crippen LogP) is 4.95. The van der Waals surface area contributed by atoms with Gasteiger partial charge in [0, 0.05) is 10.4 Å². The molecule has 0 heterocycles. The molecule has 0 fully saturated rings. The summed E-state index contributed by atoms with van der Waals surface area (Å²) in [5.41, 5.74) is 2.64. The van der Waals surface area contributed by atoms with Crippen LogP contribution in [0.4, 0.5) is 8.78 Å². The molecule has 94 valence electrons. The second-order valence-electron chi connectivity index (χ2n) is 4.24. The summed E-state index contributed by atoms with van der Waals surface area (Å²) in [6.45, 7) is 2.01. The van der Waals surface area contributed by atoms with Crippen LogP contribution in [0.25, 0.3) is 0 Å². The molecule has 1 atom stereocenters. The van der Waals surface area contributed by atoms with E-state index in [0.29, 0.717) is 12.0 Å². The number of alkyl halides is 1. The first-order chi connectivity index (χ1) is 8.59. The molecule has 0 aromatic heterocycles. The van der Waals surface area contributed by atoms with E-state index < -0.39 is 11.6 Å². The van der Waals surface area contributed by atoms with Crippen molar-refractivity contribution in [2.75, 3.05) is 0 Å². The first-order valence-electron chi connectivity index (χ1n) is 5.72. The van der Waals surface area contributed by atoms with E-state index in [0.717, 1.165) is 17.2 Å². The Kier molecular flexibility index (Phi) is 4.12. The van der Waals surface area contributed by atoms with E-state index in [-0.39, 0.29) is 4.83 Å². The van der Waals surface area contributed by atoms with E-state index in [1.807, 2.05) is 31.2 Å². The van der Waals surface area contributed by atoms with Crippen LogP contribution in [0.3, 0.4) is 0 Å². The Morgan fingerprint density at radius 3 is 2.50 bits per heavy atom. The molecule has 18 heavy (non-hydrogen) atoms. The lowest BCUT2D eigenvalue weighted by Crippen LogP contribution is -2.01. The van der Waals surface area contributed by atoms with Crippen molar-refractivity contribution in [3.05, 3.63) is 70.8 Å². The zero-order valence-electron chi connectivity index (χ0n) is 9.96. The van der Waals surface area contributed by atoms with Crippen LogP contribution in [-0.4, -0.2) is 0 Å². The highest BCUT2D eigenvalue weighted by atomic mass is 79.9.